The maximum absolute atomic E-state index is 12.1. The van der Waals surface area contributed by atoms with E-state index in [0.29, 0.717) is 22.7 Å². The highest BCUT2D eigenvalue weighted by atomic mass is 16.6. The van der Waals surface area contributed by atoms with Gasteiger partial charge in [-0.05, 0) is 30.7 Å². The smallest absolute Gasteiger partial charge is 0.319 e. The van der Waals surface area contributed by atoms with Crippen molar-refractivity contribution in [2.24, 2.45) is 0 Å². The van der Waals surface area contributed by atoms with Gasteiger partial charge in [0, 0.05) is 18.7 Å². The number of carbonyl (C=O) groups excluding carboxylic acids is 1. The van der Waals surface area contributed by atoms with Crippen molar-refractivity contribution in [3.05, 3.63) is 57.6 Å². The van der Waals surface area contributed by atoms with Crippen molar-refractivity contribution in [2.45, 2.75) is 13.5 Å². The summed E-state index contributed by atoms with van der Waals surface area (Å²) < 4.78 is 10.4. The molecule has 0 aromatic heterocycles. The molecule has 2 aromatic carbocycles. The van der Waals surface area contributed by atoms with Crippen LogP contribution in [0.2, 0.25) is 0 Å². The number of nitro groups is 1. The van der Waals surface area contributed by atoms with Gasteiger partial charge in [0.2, 0.25) is 0 Å². The molecule has 0 aliphatic carbocycles. The molecule has 0 saturated carbocycles. The van der Waals surface area contributed by atoms with Crippen molar-refractivity contribution in [3.8, 4) is 11.5 Å². The van der Waals surface area contributed by atoms with E-state index in [2.05, 4.69) is 10.6 Å². The summed E-state index contributed by atoms with van der Waals surface area (Å²) in [7, 11) is 3.09. The summed E-state index contributed by atoms with van der Waals surface area (Å²) in [5.41, 5.74) is 1.53. The van der Waals surface area contributed by atoms with Gasteiger partial charge in [-0.15, -0.1) is 0 Å². The van der Waals surface area contributed by atoms with Gasteiger partial charge in [-0.3, -0.25) is 10.1 Å². The van der Waals surface area contributed by atoms with E-state index in [1.807, 2.05) is 0 Å². The van der Waals surface area contributed by atoms with Crippen molar-refractivity contribution in [1.29, 1.82) is 0 Å². The second-order valence-electron chi connectivity index (χ2n) is 5.24. The van der Waals surface area contributed by atoms with Crippen molar-refractivity contribution < 1.29 is 19.2 Å². The molecule has 0 atom stereocenters. The summed E-state index contributed by atoms with van der Waals surface area (Å²) >= 11 is 0. The lowest BCUT2D eigenvalue weighted by atomic mass is 10.1. The van der Waals surface area contributed by atoms with E-state index in [0.717, 1.165) is 5.56 Å². The minimum atomic E-state index is -0.485. The SMILES string of the molecule is COc1cc(CNC(=O)Nc2cccc([N+](=O)[O-])c2C)cc(OC)c1. The van der Waals surface area contributed by atoms with E-state index < -0.39 is 11.0 Å². The van der Waals surface area contributed by atoms with Gasteiger partial charge in [-0.25, -0.2) is 4.79 Å². The lowest BCUT2D eigenvalue weighted by Gasteiger charge is -2.11. The second-order valence-corrected chi connectivity index (χ2v) is 5.24. The number of hydrogen-bond acceptors (Lipinski definition) is 5. The summed E-state index contributed by atoms with van der Waals surface area (Å²) in [6, 6.07) is 9.34. The number of methoxy groups -OCH3 is 2. The molecule has 8 nitrogen and oxygen atoms in total. The lowest BCUT2D eigenvalue weighted by molar-refractivity contribution is -0.385. The van der Waals surface area contributed by atoms with Crippen molar-refractivity contribution in [2.75, 3.05) is 19.5 Å². The van der Waals surface area contributed by atoms with Crippen molar-refractivity contribution in [3.63, 3.8) is 0 Å². The molecule has 0 fully saturated rings. The fourth-order valence-corrected chi connectivity index (χ4v) is 2.27. The Hall–Kier alpha value is -3.29. The third-order valence-corrected chi connectivity index (χ3v) is 3.61. The Labute approximate surface area is 144 Å². The number of benzene rings is 2. The molecule has 0 spiro atoms. The zero-order valence-electron chi connectivity index (χ0n) is 14.2. The van der Waals surface area contributed by atoms with E-state index in [1.54, 1.807) is 45.4 Å². The highest BCUT2D eigenvalue weighted by Gasteiger charge is 2.14. The minimum absolute atomic E-state index is 0.0460. The second kappa shape index (κ2) is 8.00. The van der Waals surface area contributed by atoms with Gasteiger partial charge in [0.15, 0.2) is 0 Å². The minimum Gasteiger partial charge on any atom is -0.497 e. The zero-order valence-corrected chi connectivity index (χ0v) is 14.2. The van der Waals surface area contributed by atoms with Crippen LogP contribution in [0.4, 0.5) is 16.2 Å². The lowest BCUT2D eigenvalue weighted by Crippen LogP contribution is -2.28. The standard InChI is InChI=1S/C17H19N3O5/c1-11-15(5-4-6-16(11)20(22)23)19-17(21)18-10-12-7-13(24-2)9-14(8-12)25-3/h4-9H,10H2,1-3H3,(H2,18,19,21). The number of nitrogens with one attached hydrogen (secondary N) is 2. The van der Waals surface area contributed by atoms with Gasteiger partial charge < -0.3 is 20.1 Å². The van der Waals surface area contributed by atoms with Gasteiger partial charge in [-0.1, -0.05) is 6.07 Å². The number of nitrogens with zero attached hydrogens (tertiary/aromatic N) is 1. The molecule has 0 saturated heterocycles. The molecule has 0 unspecified atom stereocenters. The summed E-state index contributed by atoms with van der Waals surface area (Å²) in [6.45, 7) is 1.83. The van der Waals surface area contributed by atoms with Crippen LogP contribution in [0.25, 0.3) is 0 Å². The fourth-order valence-electron chi connectivity index (χ4n) is 2.27. The Bertz CT molecular complexity index is 770. The molecule has 2 rings (SSSR count). The summed E-state index contributed by atoms with van der Waals surface area (Å²) in [6.07, 6.45) is 0. The molecule has 8 heteroatoms. The Morgan fingerprint density at radius 2 is 1.80 bits per heavy atom. The zero-order chi connectivity index (χ0) is 18.4. The number of carbonyl (C=O) groups is 1. The highest BCUT2D eigenvalue weighted by molar-refractivity contribution is 5.90. The normalized spacial score (nSPS) is 10.0. The molecule has 25 heavy (non-hydrogen) atoms. The molecule has 132 valence electrons. The first-order chi connectivity index (χ1) is 11.9. The monoisotopic (exact) mass is 345 g/mol. The van der Waals surface area contributed by atoms with Crippen LogP contribution in [0.15, 0.2) is 36.4 Å². The van der Waals surface area contributed by atoms with Crippen LogP contribution >= 0.6 is 0 Å². The third-order valence-electron chi connectivity index (χ3n) is 3.61. The molecular weight excluding hydrogens is 326 g/mol. The van der Waals surface area contributed by atoms with Crippen LogP contribution in [0.1, 0.15) is 11.1 Å². The first kappa shape index (κ1) is 18.1. The molecule has 0 aliphatic rings. The average Bonchev–Trinajstić information content (AvgIpc) is 2.61. The van der Waals surface area contributed by atoms with Gasteiger partial charge in [0.1, 0.15) is 11.5 Å². The van der Waals surface area contributed by atoms with E-state index >= 15 is 0 Å². The Balaban J connectivity index is 2.04. The number of ether oxygens (including phenoxy) is 2. The van der Waals surface area contributed by atoms with Crippen molar-refractivity contribution in [1.82, 2.24) is 5.32 Å². The van der Waals surface area contributed by atoms with Crippen LogP contribution < -0.4 is 20.1 Å². The van der Waals surface area contributed by atoms with Crippen LogP contribution in [0, 0.1) is 17.0 Å². The quantitative estimate of drug-likeness (QED) is 0.618. The molecule has 2 amide bonds. The largest absolute Gasteiger partial charge is 0.497 e. The fraction of sp³-hybridized carbons (Fsp3) is 0.235. The van der Waals surface area contributed by atoms with Crippen LogP contribution in [0.5, 0.6) is 11.5 Å². The highest BCUT2D eigenvalue weighted by Crippen LogP contribution is 2.25. The topological polar surface area (TPSA) is 103 Å². The van der Waals surface area contributed by atoms with Gasteiger partial charge in [-0.2, -0.15) is 0 Å². The molecule has 2 N–H and O–H groups in total. The van der Waals surface area contributed by atoms with E-state index in [9.17, 15) is 14.9 Å². The Kier molecular flexibility index (Phi) is 5.78. The van der Waals surface area contributed by atoms with Crippen molar-refractivity contribution >= 4 is 17.4 Å². The van der Waals surface area contributed by atoms with Crippen LogP contribution in [-0.4, -0.2) is 25.2 Å². The molecule has 0 aliphatic heterocycles. The van der Waals surface area contributed by atoms with Crippen LogP contribution in [-0.2, 0) is 6.54 Å². The molecule has 0 heterocycles. The number of nitro benzene ring substituents is 1. The van der Waals surface area contributed by atoms with E-state index in [1.165, 1.54) is 12.1 Å². The first-order valence-electron chi connectivity index (χ1n) is 7.45. The molecule has 2 aromatic rings. The predicted molar refractivity (Wildman–Crippen MR) is 93.2 cm³/mol. The van der Waals surface area contributed by atoms with Crippen LogP contribution in [0.3, 0.4) is 0 Å². The maximum Gasteiger partial charge on any atom is 0.319 e. The summed E-state index contributed by atoms with van der Waals surface area (Å²) in [5, 5.41) is 16.3. The predicted octanol–water partition coefficient (Wildman–Crippen LogP) is 3.24. The van der Waals surface area contributed by atoms with E-state index in [-0.39, 0.29) is 12.2 Å². The number of hydrogen-bond donors (Lipinski definition) is 2. The molecular formula is C17H19N3O5. The number of rotatable bonds is 6. The number of anilines is 1. The summed E-state index contributed by atoms with van der Waals surface area (Å²) in [4.78, 5) is 22.5. The molecule has 0 radical (unpaired) electrons. The third kappa shape index (κ3) is 4.60. The average molecular weight is 345 g/mol. The van der Waals surface area contributed by atoms with Gasteiger partial charge in [0.05, 0.1) is 30.4 Å². The van der Waals surface area contributed by atoms with E-state index in [4.69, 9.17) is 9.47 Å². The Morgan fingerprint density at radius 1 is 1.16 bits per heavy atom. The Morgan fingerprint density at radius 3 is 2.36 bits per heavy atom. The maximum atomic E-state index is 12.1. The van der Waals surface area contributed by atoms with Gasteiger partial charge >= 0.3 is 6.03 Å². The number of urea groups is 1. The summed E-state index contributed by atoms with van der Waals surface area (Å²) in [5.74, 6) is 1.23. The van der Waals surface area contributed by atoms with Gasteiger partial charge in [0.25, 0.3) is 5.69 Å². The first-order valence-corrected chi connectivity index (χ1v) is 7.45. The molecule has 0 bridgehead atoms. The number of amides is 2.